The number of carbonyl (C=O) groups excluding carboxylic acids is 2. The summed E-state index contributed by atoms with van der Waals surface area (Å²) in [5, 5.41) is 8.99. The van der Waals surface area contributed by atoms with Gasteiger partial charge in [0, 0.05) is 0 Å². The molecule has 2 N–H and O–H groups in total. The molecule has 1 aliphatic rings. The van der Waals surface area contributed by atoms with Gasteiger partial charge >= 0.3 is 184 Å². The summed E-state index contributed by atoms with van der Waals surface area (Å²) in [5.74, 6) is -0.630. The fraction of sp³-hybridized carbons (Fsp3) is 0.609. The van der Waals surface area contributed by atoms with Gasteiger partial charge in [0.2, 0.25) is 0 Å². The first-order valence-corrected chi connectivity index (χ1v) is 13.8. The molecule has 1 aliphatic heterocycles. The van der Waals surface area contributed by atoms with E-state index in [1.807, 2.05) is 33.8 Å². The molecule has 33 heavy (non-hydrogen) atoms. The van der Waals surface area contributed by atoms with E-state index in [2.05, 4.69) is 0 Å². The van der Waals surface area contributed by atoms with Crippen LogP contribution in [0.4, 0.5) is 0 Å². The molecule has 1 heterocycles. The normalized spacial score (nSPS) is 15.3. The third kappa shape index (κ3) is 6.57. The van der Waals surface area contributed by atoms with Crippen LogP contribution in [0.5, 0.6) is 0 Å². The van der Waals surface area contributed by atoms with E-state index in [-0.39, 0.29) is 75.6 Å². The van der Waals surface area contributed by atoms with E-state index in [1.54, 1.807) is 28.9 Å². The van der Waals surface area contributed by atoms with E-state index in [9.17, 15) is 19.4 Å². The number of hydrogen-bond acceptors (Lipinski definition) is 8. The molecular weight excluding hydrogens is 445 g/mol. The zero-order valence-corrected chi connectivity index (χ0v) is 20.8. The van der Waals surface area contributed by atoms with Gasteiger partial charge in [-0.3, -0.25) is 0 Å². The summed E-state index contributed by atoms with van der Waals surface area (Å²) in [6.07, 6.45) is 0.110. The van der Waals surface area contributed by atoms with Gasteiger partial charge in [0.1, 0.15) is 0 Å². The van der Waals surface area contributed by atoms with Gasteiger partial charge in [0.15, 0.2) is 0 Å². The van der Waals surface area contributed by atoms with Crippen LogP contribution < -0.4 is 0 Å². The first-order valence-electron chi connectivity index (χ1n) is 11.3. The second kappa shape index (κ2) is 11.5. The molecule has 2 amide bonds. The Bertz CT molecular complexity index is 840. The number of benzene rings is 1. The van der Waals surface area contributed by atoms with Crippen LogP contribution in [-0.2, 0) is 9.47 Å². The molecule has 0 bridgehead atoms. The van der Waals surface area contributed by atoms with Crippen LogP contribution in [-0.4, -0.2) is 88.6 Å². The summed E-state index contributed by atoms with van der Waals surface area (Å²) < 4.78 is 12.8. The maximum absolute atomic E-state index is 12.3. The van der Waals surface area contributed by atoms with Crippen LogP contribution in [0.15, 0.2) is 24.3 Å². The molecule has 0 saturated carbocycles. The van der Waals surface area contributed by atoms with Gasteiger partial charge in [-0.05, 0) is 0 Å². The fourth-order valence-corrected chi connectivity index (χ4v) is 8.34. The maximum atomic E-state index is 12.3. The molecule has 0 radical (unpaired) electrons. The average molecular weight is 482 g/mol. The van der Waals surface area contributed by atoms with Crippen LogP contribution in [0.1, 0.15) is 54.8 Å². The van der Waals surface area contributed by atoms with Crippen molar-refractivity contribution < 1.29 is 28.8 Å². The number of amides is 2. The van der Waals surface area contributed by atoms with Gasteiger partial charge in [-0.15, -0.1) is 0 Å². The standard InChI is InChI=1S/C23H36N3O6P/c1-18(2)26(19(3)4)33(29,30,16-7-10-24)17-15-32-14-13-31-12-11-25-22(27)20-8-5-6-9-21(20)23(25)28/h5-6,8-9,18-19,29-30H,7,11-17H2,1-4H3. The molecule has 184 valence electrons. The third-order valence-electron chi connectivity index (χ3n) is 5.68. The van der Waals surface area contributed by atoms with Crippen molar-refractivity contribution in [3.05, 3.63) is 35.4 Å². The van der Waals surface area contributed by atoms with E-state index in [4.69, 9.17) is 14.7 Å². The molecule has 0 fully saturated rings. The Hall–Kier alpha value is -1.92. The van der Waals surface area contributed by atoms with Crippen molar-refractivity contribution in [2.75, 3.05) is 45.3 Å². The van der Waals surface area contributed by atoms with Crippen molar-refractivity contribution in [1.82, 2.24) is 9.57 Å². The molecule has 2 rings (SSSR count). The number of nitriles is 1. The van der Waals surface area contributed by atoms with Crippen molar-refractivity contribution in [1.29, 1.82) is 5.26 Å². The molecule has 1 aromatic carbocycles. The van der Waals surface area contributed by atoms with Crippen LogP contribution in [0.2, 0.25) is 0 Å². The quantitative estimate of drug-likeness (QED) is 0.236. The summed E-state index contributed by atoms with van der Waals surface area (Å²) in [6, 6.07) is 8.55. The van der Waals surface area contributed by atoms with Crippen LogP contribution in [0, 0.1) is 11.3 Å². The Balaban J connectivity index is 1.76. The molecule has 0 atom stereocenters. The topological polar surface area (TPSA) is 123 Å². The first kappa shape index (κ1) is 27.3. The number of nitrogens with zero attached hydrogens (tertiary/aromatic N) is 3. The molecule has 0 aromatic heterocycles. The monoisotopic (exact) mass is 481 g/mol. The Morgan fingerprint density at radius 2 is 1.45 bits per heavy atom. The summed E-state index contributed by atoms with van der Waals surface area (Å²) in [4.78, 5) is 48.6. The second-order valence-electron chi connectivity index (χ2n) is 8.80. The minimum atomic E-state index is -4.29. The zero-order chi connectivity index (χ0) is 24.7. The second-order valence-corrected chi connectivity index (χ2v) is 12.8. The molecule has 0 saturated heterocycles. The Labute approximate surface area is 196 Å². The Morgan fingerprint density at radius 3 is 1.94 bits per heavy atom. The van der Waals surface area contributed by atoms with Gasteiger partial charge in [0.25, 0.3) is 0 Å². The third-order valence-corrected chi connectivity index (χ3v) is 9.90. The molecule has 10 heteroatoms. The molecule has 0 aliphatic carbocycles. The average Bonchev–Trinajstić information content (AvgIpc) is 2.98. The molecular formula is C23H36N3O6P. The van der Waals surface area contributed by atoms with Gasteiger partial charge in [0.05, 0.1) is 0 Å². The molecule has 1 aromatic rings. The molecule has 0 unspecified atom stereocenters. The van der Waals surface area contributed by atoms with Crippen molar-refractivity contribution in [3.8, 4) is 6.07 Å². The van der Waals surface area contributed by atoms with Gasteiger partial charge in [-0.1, -0.05) is 12.1 Å². The van der Waals surface area contributed by atoms with Gasteiger partial charge < -0.3 is 0 Å². The number of carbonyl (C=O) groups is 2. The van der Waals surface area contributed by atoms with Crippen molar-refractivity contribution in [2.24, 2.45) is 0 Å². The number of imide groups is 1. The van der Waals surface area contributed by atoms with Crippen molar-refractivity contribution in [2.45, 2.75) is 46.2 Å². The first-order chi connectivity index (χ1) is 15.5. The van der Waals surface area contributed by atoms with E-state index in [1.165, 1.54) is 4.90 Å². The predicted molar refractivity (Wildman–Crippen MR) is 127 cm³/mol. The van der Waals surface area contributed by atoms with Crippen LogP contribution in [0.25, 0.3) is 0 Å². The summed E-state index contributed by atoms with van der Waals surface area (Å²) >= 11 is 0. The van der Waals surface area contributed by atoms with E-state index in [0.717, 1.165) is 0 Å². The van der Waals surface area contributed by atoms with E-state index >= 15 is 0 Å². The summed E-state index contributed by atoms with van der Waals surface area (Å²) in [6.45, 7) is 8.56. The summed E-state index contributed by atoms with van der Waals surface area (Å²) in [7, 11) is -4.29. The minimum absolute atomic E-state index is 0.0125. The number of hydrogen-bond donors (Lipinski definition) is 2. The van der Waals surface area contributed by atoms with E-state index < -0.39 is 7.21 Å². The van der Waals surface area contributed by atoms with E-state index in [0.29, 0.717) is 11.1 Å². The van der Waals surface area contributed by atoms with Gasteiger partial charge in [-0.2, -0.15) is 0 Å². The van der Waals surface area contributed by atoms with Crippen LogP contribution in [0.3, 0.4) is 0 Å². The number of rotatable bonds is 14. The SMILES string of the molecule is CC(C)N(C(C)C)P(O)(O)(CCC#N)CCOCCOCCN1C(=O)c2ccccc2C1=O. The van der Waals surface area contributed by atoms with Crippen molar-refractivity contribution >= 4 is 19.0 Å². The Kier molecular flexibility index (Phi) is 9.50. The van der Waals surface area contributed by atoms with Gasteiger partial charge in [-0.25, -0.2) is 0 Å². The number of ether oxygens (including phenoxy) is 2. The number of fused-ring (bicyclic) bond motifs is 1. The zero-order valence-electron chi connectivity index (χ0n) is 19.9. The van der Waals surface area contributed by atoms with Crippen molar-refractivity contribution in [3.63, 3.8) is 0 Å². The summed E-state index contributed by atoms with van der Waals surface area (Å²) in [5.41, 5.74) is 0.821. The molecule has 9 nitrogen and oxygen atoms in total. The fourth-order valence-electron chi connectivity index (χ4n) is 4.46. The molecule has 0 spiro atoms. The predicted octanol–water partition coefficient (Wildman–Crippen LogP) is 2.63. The Morgan fingerprint density at radius 1 is 0.939 bits per heavy atom. The van der Waals surface area contributed by atoms with Crippen LogP contribution >= 0.6 is 7.21 Å².